The van der Waals surface area contributed by atoms with Crippen LogP contribution in [-0.2, 0) is 0 Å². The van der Waals surface area contributed by atoms with Crippen LogP contribution in [0.4, 0.5) is 11.4 Å². The molecule has 1 aliphatic rings. The average molecular weight is 251 g/mol. The van der Waals surface area contributed by atoms with E-state index in [0.29, 0.717) is 0 Å². The van der Waals surface area contributed by atoms with E-state index in [1.165, 1.54) is 0 Å². The summed E-state index contributed by atoms with van der Waals surface area (Å²) in [6.45, 7) is 4.06. The number of hydrogen-bond acceptors (Lipinski definition) is 4. The van der Waals surface area contributed by atoms with Crippen LogP contribution in [0.1, 0.15) is 0 Å². The molecule has 0 saturated carbocycles. The highest BCUT2D eigenvalue weighted by Gasteiger charge is 2.12. The molecule has 4 nitrogen and oxygen atoms in total. The third kappa shape index (κ3) is 3.41. The topological polar surface area (TPSA) is 54.2 Å². The van der Waals surface area contributed by atoms with Crippen LogP contribution in [0.5, 0.6) is 0 Å². The third-order valence-electron chi connectivity index (χ3n) is 2.29. The highest BCUT2D eigenvalue weighted by atomic mass is 35.5. The van der Waals surface area contributed by atoms with Gasteiger partial charge in [0, 0.05) is 32.4 Å². The summed E-state index contributed by atoms with van der Waals surface area (Å²) >= 11 is 0. The molecule has 0 aliphatic carbocycles. The molecule has 0 atom stereocenters. The molecule has 0 bridgehead atoms. The Morgan fingerprint density at radius 3 is 2.53 bits per heavy atom. The number of nitrogens with one attached hydrogen (secondary N) is 1. The number of rotatable bonds is 1. The van der Waals surface area contributed by atoms with Crippen molar-refractivity contribution in [1.29, 1.82) is 0 Å². The van der Waals surface area contributed by atoms with E-state index < -0.39 is 0 Å². The van der Waals surface area contributed by atoms with Crippen molar-refractivity contribution in [3.05, 3.63) is 18.5 Å². The Labute approximate surface area is 102 Å². The molecule has 86 valence electrons. The van der Waals surface area contributed by atoms with E-state index in [1.54, 1.807) is 6.20 Å². The Balaban J connectivity index is 0.000000980. The van der Waals surface area contributed by atoms with Crippen molar-refractivity contribution in [3.63, 3.8) is 0 Å². The van der Waals surface area contributed by atoms with Crippen molar-refractivity contribution < 1.29 is 0 Å². The second-order valence-corrected chi connectivity index (χ2v) is 3.17. The minimum absolute atomic E-state index is 0. The van der Waals surface area contributed by atoms with Crippen molar-refractivity contribution in [2.45, 2.75) is 0 Å². The molecule has 1 aliphatic heterocycles. The number of pyridine rings is 1. The summed E-state index contributed by atoms with van der Waals surface area (Å²) in [5.41, 5.74) is 7.73. The predicted molar refractivity (Wildman–Crippen MR) is 68.2 cm³/mol. The Morgan fingerprint density at radius 2 is 1.93 bits per heavy atom. The van der Waals surface area contributed by atoms with E-state index >= 15 is 0 Å². The molecular weight excluding hydrogens is 235 g/mol. The minimum Gasteiger partial charge on any atom is -0.397 e. The van der Waals surface area contributed by atoms with E-state index in [-0.39, 0.29) is 24.8 Å². The fraction of sp³-hybridized carbons (Fsp3) is 0.444. The predicted octanol–water partition coefficient (Wildman–Crippen LogP) is 0.917. The largest absolute Gasteiger partial charge is 0.397 e. The molecule has 1 fully saturated rings. The van der Waals surface area contributed by atoms with Gasteiger partial charge in [-0.3, -0.25) is 4.98 Å². The van der Waals surface area contributed by atoms with Crippen molar-refractivity contribution in [2.75, 3.05) is 36.8 Å². The zero-order chi connectivity index (χ0) is 9.10. The summed E-state index contributed by atoms with van der Waals surface area (Å²) in [4.78, 5) is 6.34. The number of nitrogen functional groups attached to an aromatic ring is 1. The molecule has 0 aromatic carbocycles. The van der Waals surface area contributed by atoms with Crippen LogP contribution in [0, 0.1) is 0 Å². The zero-order valence-electron chi connectivity index (χ0n) is 8.35. The molecule has 0 amide bonds. The first-order chi connectivity index (χ1) is 6.38. The van der Waals surface area contributed by atoms with Crippen LogP contribution in [0.2, 0.25) is 0 Å². The highest BCUT2D eigenvalue weighted by molar-refractivity contribution is 5.85. The Hall–Kier alpha value is -0.710. The van der Waals surface area contributed by atoms with Crippen LogP contribution < -0.4 is 16.0 Å². The van der Waals surface area contributed by atoms with Gasteiger partial charge in [-0.15, -0.1) is 24.8 Å². The van der Waals surface area contributed by atoms with E-state index in [2.05, 4.69) is 15.2 Å². The fourth-order valence-corrected chi connectivity index (χ4v) is 1.57. The van der Waals surface area contributed by atoms with Gasteiger partial charge < -0.3 is 16.0 Å². The lowest BCUT2D eigenvalue weighted by molar-refractivity contribution is 0.589. The molecule has 1 saturated heterocycles. The summed E-state index contributed by atoms with van der Waals surface area (Å²) < 4.78 is 0. The second-order valence-electron chi connectivity index (χ2n) is 3.17. The normalized spacial score (nSPS) is 15.1. The number of halogens is 2. The zero-order valence-corrected chi connectivity index (χ0v) is 9.98. The van der Waals surface area contributed by atoms with E-state index in [0.717, 1.165) is 37.6 Å². The molecule has 0 unspecified atom stereocenters. The molecule has 0 spiro atoms. The maximum atomic E-state index is 5.85. The van der Waals surface area contributed by atoms with Gasteiger partial charge in [-0.2, -0.15) is 0 Å². The molecule has 2 rings (SSSR count). The Kier molecular flexibility index (Phi) is 6.40. The van der Waals surface area contributed by atoms with Crippen LogP contribution in [0.3, 0.4) is 0 Å². The van der Waals surface area contributed by atoms with Gasteiger partial charge >= 0.3 is 0 Å². The lowest BCUT2D eigenvalue weighted by Gasteiger charge is -2.29. The summed E-state index contributed by atoms with van der Waals surface area (Å²) in [5, 5.41) is 3.30. The molecule has 0 radical (unpaired) electrons. The molecule has 15 heavy (non-hydrogen) atoms. The van der Waals surface area contributed by atoms with E-state index in [9.17, 15) is 0 Å². The van der Waals surface area contributed by atoms with Crippen LogP contribution in [-0.4, -0.2) is 31.2 Å². The maximum Gasteiger partial charge on any atom is 0.0787 e. The van der Waals surface area contributed by atoms with Crippen LogP contribution in [0.25, 0.3) is 0 Å². The quantitative estimate of drug-likeness (QED) is 0.779. The van der Waals surface area contributed by atoms with Crippen LogP contribution in [0.15, 0.2) is 18.5 Å². The first kappa shape index (κ1) is 14.3. The van der Waals surface area contributed by atoms with Crippen LogP contribution >= 0.6 is 24.8 Å². The molecule has 6 heteroatoms. The van der Waals surface area contributed by atoms with Gasteiger partial charge in [0.2, 0.25) is 0 Å². The monoisotopic (exact) mass is 250 g/mol. The highest BCUT2D eigenvalue weighted by Crippen LogP contribution is 2.20. The Bertz CT molecular complexity index is 289. The second kappa shape index (κ2) is 6.71. The van der Waals surface area contributed by atoms with Gasteiger partial charge in [0.1, 0.15) is 0 Å². The Morgan fingerprint density at radius 1 is 1.27 bits per heavy atom. The molecule has 1 aromatic rings. The fourth-order valence-electron chi connectivity index (χ4n) is 1.57. The van der Waals surface area contributed by atoms with Gasteiger partial charge in [0.25, 0.3) is 0 Å². The van der Waals surface area contributed by atoms with Crippen molar-refractivity contribution >= 4 is 36.2 Å². The number of anilines is 2. The van der Waals surface area contributed by atoms with Crippen molar-refractivity contribution in [1.82, 2.24) is 10.3 Å². The molecule has 1 aromatic heterocycles. The number of nitrogens with zero attached hydrogens (tertiary/aromatic N) is 2. The van der Waals surface area contributed by atoms with Gasteiger partial charge in [-0.1, -0.05) is 0 Å². The number of hydrogen-bond donors (Lipinski definition) is 2. The summed E-state index contributed by atoms with van der Waals surface area (Å²) in [6, 6.07) is 1.84. The van der Waals surface area contributed by atoms with E-state index in [4.69, 9.17) is 5.73 Å². The lowest BCUT2D eigenvalue weighted by atomic mass is 10.3. The first-order valence-corrected chi connectivity index (χ1v) is 4.53. The van der Waals surface area contributed by atoms with Gasteiger partial charge in [-0.05, 0) is 6.07 Å². The third-order valence-corrected chi connectivity index (χ3v) is 2.29. The van der Waals surface area contributed by atoms with E-state index in [1.807, 2.05) is 12.3 Å². The summed E-state index contributed by atoms with van der Waals surface area (Å²) in [7, 11) is 0. The number of piperazine rings is 1. The first-order valence-electron chi connectivity index (χ1n) is 4.53. The van der Waals surface area contributed by atoms with Crippen molar-refractivity contribution in [3.8, 4) is 0 Å². The summed E-state index contributed by atoms with van der Waals surface area (Å²) in [6.07, 6.45) is 3.56. The van der Waals surface area contributed by atoms with Gasteiger partial charge in [0.15, 0.2) is 0 Å². The molecule has 3 N–H and O–H groups in total. The molecular formula is C9H16Cl2N4. The maximum absolute atomic E-state index is 5.85. The van der Waals surface area contributed by atoms with Crippen molar-refractivity contribution in [2.24, 2.45) is 0 Å². The smallest absolute Gasteiger partial charge is 0.0787 e. The molecule has 2 heterocycles. The lowest BCUT2D eigenvalue weighted by Crippen LogP contribution is -2.43. The standard InChI is InChI=1S/C9H14N4.2ClH/c10-8-1-2-12-7-9(8)13-5-3-11-4-6-13;;/h1-2,7,11H,3-6H2,(H2,10,12);2*1H. The SMILES string of the molecule is Cl.Cl.Nc1ccncc1N1CCNCC1. The average Bonchev–Trinajstić information content (AvgIpc) is 2.20. The summed E-state index contributed by atoms with van der Waals surface area (Å²) in [5.74, 6) is 0. The number of aromatic nitrogens is 1. The number of nitrogens with two attached hydrogens (primary N) is 1. The minimum atomic E-state index is 0. The van der Waals surface area contributed by atoms with Gasteiger partial charge in [-0.25, -0.2) is 0 Å². The van der Waals surface area contributed by atoms with Gasteiger partial charge in [0.05, 0.1) is 17.6 Å².